The van der Waals surface area contributed by atoms with Gasteiger partial charge in [0, 0.05) is 23.7 Å². The first-order valence-electron chi connectivity index (χ1n) is 6.43. The second-order valence-corrected chi connectivity index (χ2v) is 6.29. The minimum Gasteiger partial charge on any atom is -0.377 e. The van der Waals surface area contributed by atoms with Gasteiger partial charge in [-0.15, -0.1) is 0 Å². The van der Waals surface area contributed by atoms with Crippen LogP contribution in [0.4, 0.5) is 0 Å². The fraction of sp³-hybridized carbons (Fsp3) is 0.833. The zero-order valence-corrected chi connectivity index (χ0v) is 11.6. The van der Waals surface area contributed by atoms with Crippen molar-refractivity contribution in [2.75, 3.05) is 12.9 Å². The van der Waals surface area contributed by atoms with Crippen LogP contribution in [0.1, 0.15) is 43.8 Å². The highest BCUT2D eigenvalue weighted by molar-refractivity contribution is 7.84. The van der Waals surface area contributed by atoms with E-state index in [1.165, 1.54) is 32.1 Å². The number of aromatic nitrogens is 2. The average molecular weight is 272 g/mol. The van der Waals surface area contributed by atoms with Crippen LogP contribution < -0.4 is 0 Å². The van der Waals surface area contributed by atoms with E-state index in [1.54, 1.807) is 7.11 Å². The number of hydrogen-bond donors (Lipinski definition) is 0. The monoisotopic (exact) mass is 272 g/mol. The summed E-state index contributed by atoms with van der Waals surface area (Å²) in [6.07, 6.45) is 6.31. The maximum atomic E-state index is 12.0. The minimum atomic E-state index is -0.896. The van der Waals surface area contributed by atoms with E-state index in [0.29, 0.717) is 30.0 Å². The smallest absolute Gasteiger partial charge is 0.239 e. The third kappa shape index (κ3) is 4.17. The molecule has 1 heterocycles. The molecule has 0 aliphatic heterocycles. The summed E-state index contributed by atoms with van der Waals surface area (Å²) in [5.41, 5.74) is 0. The summed E-state index contributed by atoms with van der Waals surface area (Å²) in [6.45, 7) is 0.332. The van der Waals surface area contributed by atoms with Gasteiger partial charge >= 0.3 is 0 Å². The molecule has 1 aromatic rings. The van der Waals surface area contributed by atoms with Crippen LogP contribution in [-0.2, 0) is 27.9 Å². The minimum absolute atomic E-state index is 0.332. The third-order valence-corrected chi connectivity index (χ3v) is 4.63. The molecular formula is C12H20N2O3S. The van der Waals surface area contributed by atoms with Gasteiger partial charge in [-0.2, -0.15) is 4.98 Å². The van der Waals surface area contributed by atoms with Gasteiger partial charge in [-0.25, -0.2) is 0 Å². The molecule has 0 spiro atoms. The lowest BCUT2D eigenvalue weighted by molar-refractivity contribution is 0.174. The van der Waals surface area contributed by atoms with Gasteiger partial charge in [0.15, 0.2) is 5.82 Å². The Morgan fingerprint density at radius 2 is 2.17 bits per heavy atom. The van der Waals surface area contributed by atoms with Gasteiger partial charge < -0.3 is 9.26 Å². The molecule has 1 aliphatic rings. The van der Waals surface area contributed by atoms with E-state index in [2.05, 4.69) is 10.1 Å². The summed E-state index contributed by atoms with van der Waals surface area (Å²) >= 11 is 0. The Bertz CT molecular complexity index is 388. The zero-order valence-electron chi connectivity index (χ0n) is 10.8. The first-order chi connectivity index (χ1) is 8.78. The Kier molecular flexibility index (Phi) is 5.31. The highest BCUT2D eigenvalue weighted by Gasteiger charge is 2.18. The maximum Gasteiger partial charge on any atom is 0.239 e. The van der Waals surface area contributed by atoms with E-state index < -0.39 is 10.8 Å². The Morgan fingerprint density at radius 1 is 1.39 bits per heavy atom. The second kappa shape index (κ2) is 6.99. The van der Waals surface area contributed by atoms with Crippen molar-refractivity contribution in [1.82, 2.24) is 10.1 Å². The van der Waals surface area contributed by atoms with Crippen molar-refractivity contribution in [3.8, 4) is 0 Å². The Balaban J connectivity index is 1.78. The first kappa shape index (κ1) is 13.7. The first-order valence-corrected chi connectivity index (χ1v) is 7.92. The molecular weight excluding hydrogens is 252 g/mol. The van der Waals surface area contributed by atoms with Crippen LogP contribution in [0.3, 0.4) is 0 Å². The molecule has 0 unspecified atom stereocenters. The summed E-state index contributed by atoms with van der Waals surface area (Å²) in [4.78, 5) is 4.14. The molecule has 0 saturated heterocycles. The van der Waals surface area contributed by atoms with Crippen LogP contribution in [-0.4, -0.2) is 27.2 Å². The Morgan fingerprint density at radius 3 is 2.89 bits per heavy atom. The van der Waals surface area contributed by atoms with Crippen molar-refractivity contribution in [2.24, 2.45) is 5.92 Å². The molecule has 1 saturated carbocycles. The molecule has 1 fully saturated rings. The van der Waals surface area contributed by atoms with Crippen molar-refractivity contribution in [3.63, 3.8) is 0 Å². The van der Waals surface area contributed by atoms with E-state index in [9.17, 15) is 4.21 Å². The summed E-state index contributed by atoms with van der Waals surface area (Å²) < 4.78 is 21.9. The molecule has 0 bridgehead atoms. The van der Waals surface area contributed by atoms with Gasteiger partial charge in [0.05, 0.1) is 0 Å². The molecule has 0 amide bonds. The second-order valence-electron chi connectivity index (χ2n) is 4.79. The van der Waals surface area contributed by atoms with Gasteiger partial charge in [0.1, 0.15) is 12.4 Å². The number of rotatable bonds is 6. The fourth-order valence-corrected chi connectivity index (χ4v) is 3.72. The lowest BCUT2D eigenvalue weighted by atomic mass is 9.91. The molecule has 2 rings (SSSR count). The lowest BCUT2D eigenvalue weighted by Gasteiger charge is -2.20. The van der Waals surface area contributed by atoms with Crippen LogP contribution in [0.2, 0.25) is 0 Å². The van der Waals surface area contributed by atoms with Crippen molar-refractivity contribution < 1.29 is 13.5 Å². The van der Waals surface area contributed by atoms with E-state index in [1.807, 2.05) is 0 Å². The van der Waals surface area contributed by atoms with E-state index in [0.717, 1.165) is 5.75 Å². The summed E-state index contributed by atoms with van der Waals surface area (Å²) in [5, 5.41) is 3.76. The van der Waals surface area contributed by atoms with Crippen LogP contribution in [0.25, 0.3) is 0 Å². The SMILES string of the molecule is COCc1noc(C[S@](=O)CC2CCCCC2)n1. The topological polar surface area (TPSA) is 65.2 Å². The van der Waals surface area contributed by atoms with Crippen LogP contribution >= 0.6 is 0 Å². The zero-order chi connectivity index (χ0) is 12.8. The summed E-state index contributed by atoms with van der Waals surface area (Å²) in [6, 6.07) is 0. The standard InChI is InChI=1S/C12H20N2O3S/c1-16-7-11-13-12(17-14-11)9-18(15)8-10-5-3-2-4-6-10/h10H,2-9H2,1H3/t18-/m1/s1. The van der Waals surface area contributed by atoms with Gasteiger partial charge in [0.2, 0.25) is 5.89 Å². The van der Waals surface area contributed by atoms with E-state index >= 15 is 0 Å². The molecule has 1 atom stereocenters. The van der Waals surface area contributed by atoms with E-state index in [-0.39, 0.29) is 0 Å². The molecule has 5 nitrogen and oxygen atoms in total. The predicted molar refractivity (Wildman–Crippen MR) is 68.3 cm³/mol. The fourth-order valence-electron chi connectivity index (χ4n) is 2.35. The van der Waals surface area contributed by atoms with Gasteiger partial charge in [-0.1, -0.05) is 24.4 Å². The molecule has 18 heavy (non-hydrogen) atoms. The molecule has 0 radical (unpaired) electrons. The number of methoxy groups -OCH3 is 1. The molecule has 1 aromatic heterocycles. The van der Waals surface area contributed by atoms with Crippen molar-refractivity contribution in [3.05, 3.63) is 11.7 Å². The van der Waals surface area contributed by atoms with Crippen LogP contribution in [0.15, 0.2) is 4.52 Å². The molecule has 1 aliphatic carbocycles. The molecule has 0 N–H and O–H groups in total. The number of ether oxygens (including phenoxy) is 1. The Hall–Kier alpha value is -0.750. The molecule has 102 valence electrons. The van der Waals surface area contributed by atoms with Gasteiger partial charge in [-0.3, -0.25) is 4.21 Å². The third-order valence-electron chi connectivity index (χ3n) is 3.21. The van der Waals surface area contributed by atoms with Gasteiger partial charge in [-0.05, 0) is 18.8 Å². The molecule has 6 heteroatoms. The van der Waals surface area contributed by atoms with Gasteiger partial charge in [0.25, 0.3) is 0 Å². The molecule has 0 aromatic carbocycles. The highest BCUT2D eigenvalue weighted by Crippen LogP contribution is 2.24. The van der Waals surface area contributed by atoms with Crippen molar-refractivity contribution in [1.29, 1.82) is 0 Å². The lowest BCUT2D eigenvalue weighted by Crippen LogP contribution is -2.15. The van der Waals surface area contributed by atoms with E-state index in [4.69, 9.17) is 9.26 Å². The Labute approximate surface area is 110 Å². The predicted octanol–water partition coefficient (Wildman–Crippen LogP) is 2.04. The highest BCUT2D eigenvalue weighted by atomic mass is 32.2. The summed E-state index contributed by atoms with van der Waals surface area (Å²) in [7, 11) is 0.684. The van der Waals surface area contributed by atoms with Crippen LogP contribution in [0.5, 0.6) is 0 Å². The van der Waals surface area contributed by atoms with Crippen molar-refractivity contribution >= 4 is 10.8 Å². The number of hydrogen-bond acceptors (Lipinski definition) is 5. The largest absolute Gasteiger partial charge is 0.377 e. The average Bonchev–Trinajstić information content (AvgIpc) is 2.78. The van der Waals surface area contributed by atoms with Crippen molar-refractivity contribution in [2.45, 2.75) is 44.5 Å². The van der Waals surface area contributed by atoms with Crippen LogP contribution in [0, 0.1) is 5.92 Å². The number of nitrogens with zero attached hydrogens (tertiary/aromatic N) is 2. The maximum absolute atomic E-state index is 12.0. The summed E-state index contributed by atoms with van der Waals surface area (Å²) in [5.74, 6) is 2.72. The quantitative estimate of drug-likeness (QED) is 0.793. The normalized spacial score (nSPS) is 18.9.